The minimum atomic E-state index is -2.30. The fraction of sp³-hybridized carbons (Fsp3) is 0.977. The first-order valence-corrected chi connectivity index (χ1v) is 25.1. The van der Waals surface area contributed by atoms with Gasteiger partial charge in [0.05, 0.1) is 46.1 Å². The molecule has 0 spiro atoms. The van der Waals surface area contributed by atoms with Crippen LogP contribution in [0.4, 0.5) is 0 Å². The second-order valence-electron chi connectivity index (χ2n) is 20.1. The molecule has 21 fully saturated rings. The van der Waals surface area contributed by atoms with E-state index in [4.69, 9.17) is 66.3 Å². The Balaban J connectivity index is 1.09. The number of rotatable bonds is 8. The molecular weight excluding hydrogens is 1090 g/mol. The third kappa shape index (κ3) is 12.6. The first kappa shape index (κ1) is 63.1. The molecule has 21 N–H and O–H groups in total. The molecule has 0 aliphatic carbocycles. The van der Waals surface area contributed by atoms with Crippen LogP contribution in [0.15, 0.2) is 0 Å². The van der Waals surface area contributed by atoms with Crippen molar-refractivity contribution in [1.29, 1.82) is 0 Å². The van der Waals surface area contributed by atoms with Crippen LogP contribution in [-0.2, 0) is 71.1 Å². The van der Waals surface area contributed by atoms with E-state index in [9.17, 15) is 112 Å². The van der Waals surface area contributed by atoms with E-state index >= 15 is 0 Å². The van der Waals surface area contributed by atoms with Crippen LogP contribution in [0, 0.1) is 0 Å². The Morgan fingerprint density at radius 1 is 0.228 bits per heavy atom. The number of hydrogen-bond acceptors (Lipinski definition) is 35. The van der Waals surface area contributed by atoms with Crippen molar-refractivity contribution in [2.45, 2.75) is 221 Å². The molecule has 14 bridgehead atoms. The first-order chi connectivity index (χ1) is 37.5. The zero-order chi connectivity index (χ0) is 57.6. The van der Waals surface area contributed by atoms with Crippen molar-refractivity contribution in [3.63, 3.8) is 0 Å². The van der Waals surface area contributed by atoms with Crippen LogP contribution in [0.2, 0.25) is 0 Å². The highest BCUT2D eigenvalue weighted by Crippen LogP contribution is 2.39. The van der Waals surface area contributed by atoms with Crippen LogP contribution in [-0.4, -0.2) is 368 Å². The van der Waals surface area contributed by atoms with Crippen molar-refractivity contribution in [1.82, 2.24) is 0 Å². The highest BCUT2D eigenvalue weighted by atomic mass is 16.8. The summed E-state index contributed by atoms with van der Waals surface area (Å²) >= 11 is 0. The lowest BCUT2D eigenvalue weighted by molar-refractivity contribution is -0.396. The summed E-state index contributed by atoms with van der Waals surface area (Å²) < 4.78 is 79.4. The molecule has 0 radical (unpaired) electrons. The zero-order valence-electron chi connectivity index (χ0n) is 41.2. The van der Waals surface area contributed by atoms with Crippen LogP contribution in [0.1, 0.15) is 6.42 Å². The van der Waals surface area contributed by atoms with E-state index in [1.165, 1.54) is 0 Å². The Morgan fingerprint density at radius 3 is 0.506 bits per heavy atom. The molecule has 21 aliphatic heterocycles. The third-order valence-corrected chi connectivity index (χ3v) is 15.0. The Kier molecular flexibility index (Phi) is 21.2. The highest BCUT2D eigenvalue weighted by molar-refractivity contribution is 5.67. The van der Waals surface area contributed by atoms with Gasteiger partial charge >= 0.3 is 5.97 Å². The molecule has 21 heterocycles. The van der Waals surface area contributed by atoms with Crippen LogP contribution in [0.3, 0.4) is 0 Å². The number of aliphatic carboxylic acids is 1. The molecule has 36 nitrogen and oxygen atoms in total. The number of aliphatic hydroxyl groups excluding tert-OH is 20. The lowest BCUT2D eigenvalue weighted by atomic mass is 9.94. The van der Waals surface area contributed by atoms with Gasteiger partial charge in [-0.05, 0) is 0 Å². The number of hydrogen-bond donors (Lipinski definition) is 21. The monoisotopic (exact) mass is 1160 g/mol. The van der Waals surface area contributed by atoms with E-state index in [-0.39, 0.29) is 0 Å². The van der Waals surface area contributed by atoms with Crippen molar-refractivity contribution in [2.75, 3.05) is 39.6 Å². The van der Waals surface area contributed by atoms with Gasteiger partial charge in [-0.25, -0.2) is 0 Å². The molecule has 36 heteroatoms. The summed E-state index contributed by atoms with van der Waals surface area (Å²) in [6, 6.07) is 0. The summed E-state index contributed by atoms with van der Waals surface area (Å²) in [5, 5.41) is 230. The number of carboxylic acid groups (broad SMARTS) is 1. The van der Waals surface area contributed by atoms with Gasteiger partial charge in [-0.3, -0.25) is 4.79 Å². The highest BCUT2D eigenvalue weighted by Gasteiger charge is 2.59. The molecule has 0 saturated carbocycles. The second-order valence-corrected chi connectivity index (χ2v) is 20.1. The molecule has 35 atom stereocenters. The van der Waals surface area contributed by atoms with Gasteiger partial charge in [-0.15, -0.1) is 0 Å². The molecule has 79 heavy (non-hydrogen) atoms. The first-order valence-electron chi connectivity index (χ1n) is 25.1. The maximum absolute atomic E-state index is 12.1. The van der Waals surface area contributed by atoms with Crippen LogP contribution < -0.4 is 0 Å². The van der Waals surface area contributed by atoms with Crippen LogP contribution >= 0.6 is 0 Å². The SMILES string of the molecule is O=C(O)C[C@H]1O[C@@H]2O[C@H]3[C@H](O)[C@@H](O)[C@@H](O[C@H]4[C@H](O)[C@@H](O)[C@@H](O[C@H]5[C@H](O)[C@@H](O)[C@@H](O[C@H]6[C@H](O)[C@@H](O)[C@@H](O[C@H]7[C@H](O)[C@@H](O)[C@@H](O[C@H]8[C@H](O)[C@@H](O)[C@@H](O[C@H]1[C@H](O)[C@H]2O)O[C@@H]8CO)O[C@@H]7CO)O[C@@H]6CO)O[C@@H]5CO)O[C@@H]4CO)O[C@@H]3CO. The van der Waals surface area contributed by atoms with Gasteiger partial charge in [0.25, 0.3) is 0 Å². The van der Waals surface area contributed by atoms with Gasteiger partial charge in [0.1, 0.15) is 171 Å². The van der Waals surface area contributed by atoms with Gasteiger partial charge < -0.3 is 174 Å². The van der Waals surface area contributed by atoms with E-state index in [0.717, 1.165) is 0 Å². The number of carbonyl (C=O) groups is 1. The molecule has 21 aliphatic rings. The zero-order valence-corrected chi connectivity index (χ0v) is 41.2. The smallest absolute Gasteiger partial charge is 0.306 e. The lowest BCUT2D eigenvalue weighted by Gasteiger charge is -2.50. The average molecular weight is 1160 g/mol. The van der Waals surface area contributed by atoms with Crippen molar-refractivity contribution >= 4 is 5.97 Å². The fourth-order valence-corrected chi connectivity index (χ4v) is 10.6. The minimum absolute atomic E-state index is 1.06. The third-order valence-electron chi connectivity index (χ3n) is 15.0. The normalized spacial score (nSPS) is 54.2. The molecular formula is C43H70O36. The van der Waals surface area contributed by atoms with E-state index in [0.29, 0.717) is 0 Å². The van der Waals surface area contributed by atoms with E-state index < -0.39 is 267 Å². The fourth-order valence-electron chi connectivity index (χ4n) is 10.6. The second kappa shape index (κ2) is 26.6. The Labute approximate surface area is 444 Å². The largest absolute Gasteiger partial charge is 0.481 e. The topological polar surface area (TPSA) is 571 Å². The maximum atomic E-state index is 12.1. The van der Waals surface area contributed by atoms with E-state index in [1.54, 1.807) is 0 Å². The van der Waals surface area contributed by atoms with Crippen LogP contribution in [0.5, 0.6) is 0 Å². The average Bonchev–Trinajstić information content (AvgIpc) is 3.47. The lowest BCUT2D eigenvalue weighted by Crippen LogP contribution is -2.68. The van der Waals surface area contributed by atoms with E-state index in [1.807, 2.05) is 0 Å². The summed E-state index contributed by atoms with van der Waals surface area (Å²) in [4.78, 5) is 12.1. The molecule has 21 saturated heterocycles. The number of carboxylic acids is 1. The molecule has 21 rings (SSSR count). The molecule has 0 unspecified atom stereocenters. The number of aliphatic hydroxyl groups is 20. The van der Waals surface area contributed by atoms with Gasteiger partial charge in [-0.2, -0.15) is 0 Å². The Bertz CT molecular complexity index is 1920. The summed E-state index contributed by atoms with van der Waals surface area (Å²) in [6.45, 7) is -6.44. The maximum Gasteiger partial charge on any atom is 0.306 e. The number of ether oxygens (including phenoxy) is 14. The van der Waals surface area contributed by atoms with Gasteiger partial charge in [0.2, 0.25) is 0 Å². The Morgan fingerprint density at radius 2 is 0.367 bits per heavy atom. The minimum Gasteiger partial charge on any atom is -0.481 e. The van der Waals surface area contributed by atoms with Crippen molar-refractivity contribution in [2.24, 2.45) is 0 Å². The van der Waals surface area contributed by atoms with E-state index in [2.05, 4.69) is 0 Å². The molecule has 0 aromatic heterocycles. The molecule has 458 valence electrons. The molecule has 0 aromatic carbocycles. The predicted octanol–water partition coefficient (Wildman–Crippen LogP) is -14.7. The summed E-state index contributed by atoms with van der Waals surface area (Å²) in [7, 11) is 0. The van der Waals surface area contributed by atoms with Gasteiger partial charge in [-0.1, -0.05) is 0 Å². The quantitative estimate of drug-likeness (QED) is 0.107. The van der Waals surface area contributed by atoms with Crippen molar-refractivity contribution < 1.29 is 178 Å². The van der Waals surface area contributed by atoms with Crippen LogP contribution in [0.25, 0.3) is 0 Å². The Hall–Kier alpha value is -1.89. The molecule has 0 aromatic rings. The van der Waals surface area contributed by atoms with Crippen molar-refractivity contribution in [3.8, 4) is 0 Å². The van der Waals surface area contributed by atoms with Crippen molar-refractivity contribution in [3.05, 3.63) is 0 Å². The van der Waals surface area contributed by atoms with Gasteiger partial charge in [0.15, 0.2) is 44.0 Å². The molecule has 0 amide bonds. The summed E-state index contributed by atoms with van der Waals surface area (Å²) in [5.41, 5.74) is 0. The summed E-state index contributed by atoms with van der Waals surface area (Å²) in [5.74, 6) is -1.62. The van der Waals surface area contributed by atoms with Gasteiger partial charge in [0, 0.05) is 0 Å². The predicted molar refractivity (Wildman–Crippen MR) is 234 cm³/mol. The summed E-state index contributed by atoms with van der Waals surface area (Å²) in [6.07, 6.45) is -73.0. The standard InChI is InChI=1S/C43H70O36/c44-2-9-31-18(54)25(61)39(68-9)76-33-11(4-46)70-41(27(63)20(33)56)78-35-13(6-48)72-43(29(65)22(35)58)79-36-14(7-49)71-42(28(64)21(36)57)77-34-12(5-47)69-40(26(62)19(34)55)75-32-10(3-45)67-38(24(60)17(32)53)73-30-8(1-15(50)51)66-37(74-31)23(59)16(30)52/h8-14,16-49,52-65H,1-7H2,(H,50,51)/t8-,9-,10-,11-,12-,13-,14-,16-,17-,18-,19-,20-,21-,22-,23-,24-,25-,26-,27-,28-,29-,30-,31-,32-,33-,34-,35-,36-,37-,38-,39-,40-,41-,42-,43-/m1/s1.